The molecule has 0 saturated carbocycles. The first-order valence-corrected chi connectivity index (χ1v) is 9.43. The highest BCUT2D eigenvalue weighted by Gasteiger charge is 2.41. The zero-order valence-corrected chi connectivity index (χ0v) is 16.1. The Bertz CT molecular complexity index is 681. The van der Waals surface area contributed by atoms with Crippen LogP contribution < -0.4 is 0 Å². The van der Waals surface area contributed by atoms with Crippen LogP contribution in [0.25, 0.3) is 0 Å². The largest absolute Gasteiger partial charge is 0.383 e. The number of amides is 2. The molecular formula is C20H29N3O3. The van der Waals surface area contributed by atoms with Crippen molar-refractivity contribution in [2.24, 2.45) is 5.41 Å². The summed E-state index contributed by atoms with van der Waals surface area (Å²) in [5, 5.41) is 0. The summed E-state index contributed by atoms with van der Waals surface area (Å²) in [6, 6.07) is 1.93. The molecule has 6 heteroatoms. The Hall–Kier alpha value is -1.95. The predicted octanol–water partition coefficient (Wildman–Crippen LogP) is 2.19. The van der Waals surface area contributed by atoms with E-state index in [2.05, 4.69) is 4.98 Å². The number of hydrogen-bond donors (Lipinski definition) is 0. The van der Waals surface area contributed by atoms with Gasteiger partial charge in [0.05, 0.1) is 12.2 Å². The van der Waals surface area contributed by atoms with Crippen molar-refractivity contribution in [1.29, 1.82) is 0 Å². The van der Waals surface area contributed by atoms with E-state index in [1.807, 2.05) is 29.7 Å². The summed E-state index contributed by atoms with van der Waals surface area (Å²) in [5.41, 5.74) is 2.83. The van der Waals surface area contributed by atoms with Crippen molar-refractivity contribution in [3.63, 3.8) is 0 Å². The fraction of sp³-hybridized carbons (Fsp3) is 0.650. The molecule has 0 aliphatic carbocycles. The van der Waals surface area contributed by atoms with Crippen LogP contribution in [0.15, 0.2) is 12.3 Å². The van der Waals surface area contributed by atoms with Crippen LogP contribution in [-0.2, 0) is 9.53 Å². The van der Waals surface area contributed by atoms with E-state index < -0.39 is 0 Å². The molecule has 0 unspecified atom stereocenters. The van der Waals surface area contributed by atoms with E-state index in [4.69, 9.17) is 4.74 Å². The lowest BCUT2D eigenvalue weighted by Gasteiger charge is -2.47. The molecule has 26 heavy (non-hydrogen) atoms. The van der Waals surface area contributed by atoms with E-state index in [9.17, 15) is 9.59 Å². The molecule has 2 amide bonds. The van der Waals surface area contributed by atoms with Gasteiger partial charge in [0, 0.05) is 51.6 Å². The summed E-state index contributed by atoms with van der Waals surface area (Å²) >= 11 is 0. The number of ether oxygens (including phenoxy) is 1. The van der Waals surface area contributed by atoms with Crippen molar-refractivity contribution >= 4 is 11.8 Å². The number of pyridine rings is 1. The Morgan fingerprint density at radius 3 is 2.65 bits per heavy atom. The molecule has 0 atom stereocenters. The molecule has 1 aromatic heterocycles. The van der Waals surface area contributed by atoms with Gasteiger partial charge < -0.3 is 14.5 Å². The smallest absolute Gasteiger partial charge is 0.255 e. The summed E-state index contributed by atoms with van der Waals surface area (Å²) in [6.45, 7) is 7.46. The maximum atomic E-state index is 12.8. The van der Waals surface area contributed by atoms with Crippen molar-refractivity contribution in [2.75, 3.05) is 39.9 Å². The summed E-state index contributed by atoms with van der Waals surface area (Å²) in [7, 11) is 1.66. The van der Waals surface area contributed by atoms with E-state index in [-0.39, 0.29) is 17.2 Å². The first-order chi connectivity index (χ1) is 12.4. The molecule has 3 heterocycles. The number of aromatic nitrogens is 1. The molecular weight excluding hydrogens is 330 g/mol. The molecule has 2 aliphatic rings. The molecule has 1 spiro atoms. The third kappa shape index (κ3) is 3.90. The number of likely N-dealkylation sites (tertiary alicyclic amines) is 2. The minimum absolute atomic E-state index is 0.0681. The number of rotatable bonds is 4. The summed E-state index contributed by atoms with van der Waals surface area (Å²) in [6.07, 6.45) is 5.13. The number of carbonyl (C=O) groups is 2. The summed E-state index contributed by atoms with van der Waals surface area (Å²) in [5.74, 6) is 0.297. The number of piperidine rings is 2. The van der Waals surface area contributed by atoms with E-state index in [0.29, 0.717) is 25.1 Å². The quantitative estimate of drug-likeness (QED) is 0.827. The van der Waals surface area contributed by atoms with Gasteiger partial charge in [-0.1, -0.05) is 0 Å². The average molecular weight is 359 g/mol. The van der Waals surface area contributed by atoms with Gasteiger partial charge in [0.1, 0.15) is 0 Å². The minimum atomic E-state index is 0.0681. The Balaban J connectivity index is 1.62. The second kappa shape index (κ2) is 7.74. The SMILES string of the molecule is COCCN1CC2(CCC1=O)CCN(C(=O)c1cnc(C)c(C)c1)CC2. The number of nitrogens with zero attached hydrogens (tertiary/aromatic N) is 3. The van der Waals surface area contributed by atoms with Gasteiger partial charge >= 0.3 is 0 Å². The summed E-state index contributed by atoms with van der Waals surface area (Å²) < 4.78 is 5.13. The lowest BCUT2D eigenvalue weighted by Crippen LogP contribution is -2.52. The Labute approximate surface area is 155 Å². The van der Waals surface area contributed by atoms with Crippen molar-refractivity contribution < 1.29 is 14.3 Å². The van der Waals surface area contributed by atoms with Crippen LogP contribution in [0.1, 0.15) is 47.3 Å². The van der Waals surface area contributed by atoms with Crippen molar-refractivity contribution in [1.82, 2.24) is 14.8 Å². The number of hydrogen-bond acceptors (Lipinski definition) is 4. The van der Waals surface area contributed by atoms with E-state index >= 15 is 0 Å². The van der Waals surface area contributed by atoms with Gasteiger partial charge in [-0.25, -0.2) is 0 Å². The van der Waals surface area contributed by atoms with Gasteiger partial charge in [-0.05, 0) is 50.2 Å². The zero-order valence-electron chi connectivity index (χ0n) is 16.1. The highest BCUT2D eigenvalue weighted by Crippen LogP contribution is 2.40. The average Bonchev–Trinajstić information content (AvgIpc) is 2.65. The first kappa shape index (κ1) is 18.8. The van der Waals surface area contributed by atoms with Gasteiger partial charge in [-0.2, -0.15) is 0 Å². The maximum Gasteiger partial charge on any atom is 0.255 e. The predicted molar refractivity (Wildman–Crippen MR) is 99.0 cm³/mol. The van der Waals surface area contributed by atoms with Crippen LogP contribution in [0.5, 0.6) is 0 Å². The van der Waals surface area contributed by atoms with Crippen molar-refractivity contribution in [2.45, 2.75) is 39.5 Å². The lowest BCUT2D eigenvalue weighted by atomic mass is 9.72. The number of carbonyl (C=O) groups excluding carboxylic acids is 2. The van der Waals surface area contributed by atoms with Gasteiger partial charge in [-0.15, -0.1) is 0 Å². The molecule has 0 N–H and O–H groups in total. The molecule has 2 fully saturated rings. The van der Waals surface area contributed by atoms with Gasteiger partial charge in [-0.3, -0.25) is 14.6 Å². The Kier molecular flexibility index (Phi) is 5.61. The minimum Gasteiger partial charge on any atom is -0.383 e. The second-order valence-electron chi connectivity index (χ2n) is 7.73. The van der Waals surface area contributed by atoms with Crippen LogP contribution in [0.2, 0.25) is 0 Å². The second-order valence-corrected chi connectivity index (χ2v) is 7.73. The van der Waals surface area contributed by atoms with E-state index in [0.717, 1.165) is 50.2 Å². The van der Waals surface area contributed by atoms with E-state index in [1.54, 1.807) is 13.3 Å². The molecule has 2 aliphatic heterocycles. The highest BCUT2D eigenvalue weighted by atomic mass is 16.5. The molecule has 6 nitrogen and oxygen atoms in total. The molecule has 2 saturated heterocycles. The topological polar surface area (TPSA) is 62.7 Å². The third-order valence-corrected chi connectivity index (χ3v) is 6.01. The molecule has 0 radical (unpaired) electrons. The van der Waals surface area contributed by atoms with Gasteiger partial charge in [0.25, 0.3) is 5.91 Å². The standard InChI is InChI=1S/C20H29N3O3/c1-15-12-17(13-21-16(15)2)19(25)22-8-6-20(7-9-22)5-4-18(24)23(14-20)10-11-26-3/h12-13H,4-11,14H2,1-3H3. The fourth-order valence-corrected chi connectivity index (χ4v) is 4.04. The molecule has 0 bridgehead atoms. The summed E-state index contributed by atoms with van der Waals surface area (Å²) in [4.78, 5) is 33.1. The highest BCUT2D eigenvalue weighted by molar-refractivity contribution is 5.94. The van der Waals surface area contributed by atoms with Gasteiger partial charge in [0.15, 0.2) is 0 Å². The van der Waals surface area contributed by atoms with E-state index in [1.165, 1.54) is 0 Å². The molecule has 142 valence electrons. The molecule has 1 aromatic rings. The first-order valence-electron chi connectivity index (χ1n) is 9.43. The number of methoxy groups -OCH3 is 1. The molecule has 0 aromatic carbocycles. The van der Waals surface area contributed by atoms with Crippen LogP contribution in [0.4, 0.5) is 0 Å². The molecule has 3 rings (SSSR count). The monoisotopic (exact) mass is 359 g/mol. The van der Waals surface area contributed by atoms with Crippen molar-refractivity contribution in [3.8, 4) is 0 Å². The Morgan fingerprint density at radius 1 is 1.27 bits per heavy atom. The van der Waals surface area contributed by atoms with Crippen LogP contribution in [0, 0.1) is 19.3 Å². The van der Waals surface area contributed by atoms with Crippen molar-refractivity contribution in [3.05, 3.63) is 29.1 Å². The normalized spacial score (nSPS) is 19.9. The lowest BCUT2D eigenvalue weighted by molar-refractivity contribution is -0.139. The van der Waals surface area contributed by atoms with Gasteiger partial charge in [0.2, 0.25) is 5.91 Å². The third-order valence-electron chi connectivity index (χ3n) is 6.01. The van der Waals surface area contributed by atoms with Crippen LogP contribution >= 0.6 is 0 Å². The Morgan fingerprint density at radius 2 is 2.00 bits per heavy atom. The fourth-order valence-electron chi connectivity index (χ4n) is 4.04. The zero-order chi connectivity index (χ0) is 18.7. The number of aryl methyl sites for hydroxylation is 2. The maximum absolute atomic E-state index is 12.8. The van der Waals surface area contributed by atoms with Crippen LogP contribution in [-0.4, -0.2) is 66.5 Å². The van der Waals surface area contributed by atoms with Crippen LogP contribution in [0.3, 0.4) is 0 Å².